The molecule has 114 valence electrons. The Morgan fingerprint density at radius 2 is 1.85 bits per heavy atom. The van der Waals surface area contributed by atoms with Gasteiger partial charge in [0, 0.05) is 18.4 Å². The highest BCUT2D eigenvalue weighted by Crippen LogP contribution is 2.28. The molecule has 0 aromatic carbocycles. The lowest BCUT2D eigenvalue weighted by Gasteiger charge is -2.35. The van der Waals surface area contributed by atoms with E-state index in [4.69, 9.17) is 5.73 Å². The van der Waals surface area contributed by atoms with Gasteiger partial charge in [0.25, 0.3) is 0 Å². The summed E-state index contributed by atoms with van der Waals surface area (Å²) < 4.78 is 0. The summed E-state index contributed by atoms with van der Waals surface area (Å²) in [6.45, 7) is 3.81. The van der Waals surface area contributed by atoms with Crippen LogP contribution in [-0.2, 0) is 9.59 Å². The maximum absolute atomic E-state index is 12.3. The van der Waals surface area contributed by atoms with Gasteiger partial charge in [-0.3, -0.25) is 9.59 Å². The SMILES string of the molecule is CC(C(=O)NC(CC(N)=O)C1CCCCC1)C1CNC1. The molecule has 1 saturated heterocycles. The fourth-order valence-corrected chi connectivity index (χ4v) is 3.28. The molecule has 2 atom stereocenters. The van der Waals surface area contributed by atoms with Gasteiger partial charge >= 0.3 is 0 Å². The van der Waals surface area contributed by atoms with Gasteiger partial charge < -0.3 is 16.4 Å². The fourth-order valence-electron chi connectivity index (χ4n) is 3.28. The molecule has 2 fully saturated rings. The summed E-state index contributed by atoms with van der Waals surface area (Å²) in [4.78, 5) is 23.6. The van der Waals surface area contributed by atoms with Crippen molar-refractivity contribution in [2.75, 3.05) is 13.1 Å². The number of hydrogen-bond acceptors (Lipinski definition) is 3. The van der Waals surface area contributed by atoms with Crippen LogP contribution in [0.5, 0.6) is 0 Å². The summed E-state index contributed by atoms with van der Waals surface area (Å²) in [5, 5.41) is 6.29. The van der Waals surface area contributed by atoms with Gasteiger partial charge in [-0.05, 0) is 37.8 Å². The van der Waals surface area contributed by atoms with Crippen molar-refractivity contribution in [2.45, 2.75) is 51.5 Å². The second kappa shape index (κ2) is 7.07. The second-order valence-corrected chi connectivity index (χ2v) is 6.39. The summed E-state index contributed by atoms with van der Waals surface area (Å²) in [7, 11) is 0. The van der Waals surface area contributed by atoms with Crippen LogP contribution in [0.2, 0.25) is 0 Å². The smallest absolute Gasteiger partial charge is 0.223 e. The van der Waals surface area contributed by atoms with E-state index in [0.717, 1.165) is 25.9 Å². The molecule has 1 heterocycles. The maximum Gasteiger partial charge on any atom is 0.223 e. The van der Waals surface area contributed by atoms with E-state index in [-0.39, 0.29) is 30.2 Å². The summed E-state index contributed by atoms with van der Waals surface area (Å²) in [5.41, 5.74) is 5.35. The molecule has 1 saturated carbocycles. The predicted octanol–water partition coefficient (Wildman–Crippen LogP) is 0.782. The zero-order chi connectivity index (χ0) is 14.5. The minimum Gasteiger partial charge on any atom is -0.370 e. The Hall–Kier alpha value is -1.10. The monoisotopic (exact) mass is 281 g/mol. The average Bonchev–Trinajstić information content (AvgIpc) is 2.36. The maximum atomic E-state index is 12.3. The third-order valence-corrected chi connectivity index (χ3v) is 4.90. The van der Waals surface area contributed by atoms with Gasteiger partial charge in [0.05, 0.1) is 0 Å². The van der Waals surface area contributed by atoms with E-state index in [2.05, 4.69) is 10.6 Å². The molecule has 0 bridgehead atoms. The lowest BCUT2D eigenvalue weighted by atomic mass is 9.81. The number of nitrogens with two attached hydrogens (primary N) is 1. The predicted molar refractivity (Wildman–Crippen MR) is 77.8 cm³/mol. The van der Waals surface area contributed by atoms with E-state index < -0.39 is 0 Å². The van der Waals surface area contributed by atoms with Crippen molar-refractivity contribution in [1.82, 2.24) is 10.6 Å². The van der Waals surface area contributed by atoms with Crippen molar-refractivity contribution in [2.24, 2.45) is 23.5 Å². The first kappa shape index (κ1) is 15.3. The molecule has 20 heavy (non-hydrogen) atoms. The summed E-state index contributed by atoms with van der Waals surface area (Å²) in [6.07, 6.45) is 6.11. The van der Waals surface area contributed by atoms with Gasteiger partial charge in [-0.1, -0.05) is 26.2 Å². The molecule has 5 heteroatoms. The normalized spacial score (nSPS) is 23.6. The summed E-state index contributed by atoms with van der Waals surface area (Å²) in [5.74, 6) is 0.602. The topological polar surface area (TPSA) is 84.2 Å². The van der Waals surface area contributed by atoms with Gasteiger partial charge in [0.1, 0.15) is 0 Å². The Balaban J connectivity index is 1.91. The fraction of sp³-hybridized carbons (Fsp3) is 0.867. The van der Waals surface area contributed by atoms with Gasteiger partial charge in [-0.2, -0.15) is 0 Å². The molecule has 2 unspecified atom stereocenters. The first-order valence-corrected chi connectivity index (χ1v) is 7.87. The largest absolute Gasteiger partial charge is 0.370 e. The lowest BCUT2D eigenvalue weighted by molar-refractivity contribution is -0.128. The standard InChI is InChI=1S/C15H27N3O2/c1-10(12-8-17-9-12)15(20)18-13(7-14(16)19)11-5-3-2-4-6-11/h10-13,17H,2-9H2,1H3,(H2,16,19)(H,18,20). The minimum absolute atomic E-state index is 0.00946. The third-order valence-electron chi connectivity index (χ3n) is 4.90. The second-order valence-electron chi connectivity index (χ2n) is 6.39. The first-order valence-electron chi connectivity index (χ1n) is 7.87. The van der Waals surface area contributed by atoms with E-state index in [0.29, 0.717) is 11.8 Å². The molecular formula is C15H27N3O2. The van der Waals surface area contributed by atoms with Gasteiger partial charge in [0.2, 0.25) is 11.8 Å². The molecular weight excluding hydrogens is 254 g/mol. The molecule has 0 aromatic rings. The molecule has 0 spiro atoms. The van der Waals surface area contributed by atoms with E-state index in [1.165, 1.54) is 19.3 Å². The van der Waals surface area contributed by atoms with Crippen LogP contribution in [0.4, 0.5) is 0 Å². The molecule has 0 aromatic heterocycles. The number of carbonyl (C=O) groups is 2. The van der Waals surface area contributed by atoms with Crippen LogP contribution < -0.4 is 16.4 Å². The van der Waals surface area contributed by atoms with Crippen LogP contribution in [0.1, 0.15) is 45.4 Å². The molecule has 1 aliphatic heterocycles. The van der Waals surface area contributed by atoms with Crippen molar-refractivity contribution in [1.29, 1.82) is 0 Å². The quantitative estimate of drug-likeness (QED) is 0.673. The number of rotatable bonds is 6. The summed E-state index contributed by atoms with van der Waals surface area (Å²) in [6, 6.07) is -0.0733. The zero-order valence-electron chi connectivity index (χ0n) is 12.4. The minimum atomic E-state index is -0.321. The zero-order valence-corrected chi connectivity index (χ0v) is 12.4. The molecule has 1 aliphatic carbocycles. The van der Waals surface area contributed by atoms with Gasteiger partial charge in [0.15, 0.2) is 0 Å². The molecule has 2 aliphatic rings. The Labute approximate surface area is 121 Å². The molecule has 4 N–H and O–H groups in total. The number of nitrogens with one attached hydrogen (secondary N) is 2. The van der Waals surface area contributed by atoms with E-state index in [1.54, 1.807) is 0 Å². The van der Waals surface area contributed by atoms with Gasteiger partial charge in [-0.25, -0.2) is 0 Å². The molecule has 2 amide bonds. The van der Waals surface area contributed by atoms with Crippen molar-refractivity contribution in [3.63, 3.8) is 0 Å². The van der Waals surface area contributed by atoms with Gasteiger partial charge in [-0.15, -0.1) is 0 Å². The van der Waals surface area contributed by atoms with Crippen molar-refractivity contribution in [3.05, 3.63) is 0 Å². The number of primary amides is 1. The molecule has 0 radical (unpaired) electrons. The lowest BCUT2D eigenvalue weighted by Crippen LogP contribution is -2.52. The van der Waals surface area contributed by atoms with Crippen LogP contribution >= 0.6 is 0 Å². The third kappa shape index (κ3) is 3.95. The Kier molecular flexibility index (Phi) is 5.40. The van der Waals surface area contributed by atoms with E-state index >= 15 is 0 Å². The number of hydrogen-bond donors (Lipinski definition) is 3. The van der Waals surface area contributed by atoms with Crippen LogP contribution in [-0.4, -0.2) is 30.9 Å². The highest BCUT2D eigenvalue weighted by molar-refractivity contribution is 5.80. The molecule has 2 rings (SSSR count). The highest BCUT2D eigenvalue weighted by atomic mass is 16.2. The Morgan fingerprint density at radius 3 is 2.35 bits per heavy atom. The first-order chi connectivity index (χ1) is 9.58. The van der Waals surface area contributed by atoms with Crippen LogP contribution in [0.15, 0.2) is 0 Å². The van der Waals surface area contributed by atoms with E-state index in [1.807, 2.05) is 6.92 Å². The number of carbonyl (C=O) groups excluding carboxylic acids is 2. The van der Waals surface area contributed by atoms with Crippen molar-refractivity contribution < 1.29 is 9.59 Å². The Morgan fingerprint density at radius 1 is 1.20 bits per heavy atom. The van der Waals surface area contributed by atoms with Crippen molar-refractivity contribution >= 4 is 11.8 Å². The Bertz CT molecular complexity index is 349. The molecule has 5 nitrogen and oxygen atoms in total. The van der Waals surface area contributed by atoms with Crippen molar-refractivity contribution in [3.8, 4) is 0 Å². The van der Waals surface area contributed by atoms with E-state index in [9.17, 15) is 9.59 Å². The summed E-state index contributed by atoms with van der Waals surface area (Å²) >= 11 is 0. The average molecular weight is 281 g/mol. The van der Waals surface area contributed by atoms with Crippen LogP contribution in [0, 0.1) is 17.8 Å². The highest BCUT2D eigenvalue weighted by Gasteiger charge is 2.32. The number of amides is 2. The van der Waals surface area contributed by atoms with Crippen LogP contribution in [0.3, 0.4) is 0 Å². The van der Waals surface area contributed by atoms with Crippen LogP contribution in [0.25, 0.3) is 0 Å².